The van der Waals surface area contributed by atoms with Crippen LogP contribution in [0.15, 0.2) is 43.1 Å². The third-order valence-corrected chi connectivity index (χ3v) is 3.32. The van der Waals surface area contributed by atoms with E-state index >= 15 is 0 Å². The second kappa shape index (κ2) is 4.81. The van der Waals surface area contributed by atoms with Crippen LogP contribution in [0.1, 0.15) is 5.56 Å². The molecule has 86 valence electrons. The van der Waals surface area contributed by atoms with E-state index in [0.717, 1.165) is 30.6 Å². The molecular weight excluding hydrogens is 198 g/mol. The molecule has 1 aromatic carbocycles. The number of rotatable bonds is 3. The molecule has 1 saturated heterocycles. The van der Waals surface area contributed by atoms with Crippen LogP contribution < -0.4 is 0 Å². The zero-order valence-electron chi connectivity index (χ0n) is 9.93. The lowest BCUT2D eigenvalue weighted by Crippen LogP contribution is -2.52. The fourth-order valence-corrected chi connectivity index (χ4v) is 2.20. The van der Waals surface area contributed by atoms with Gasteiger partial charge in [-0.25, -0.2) is 0 Å². The summed E-state index contributed by atoms with van der Waals surface area (Å²) in [5.41, 5.74) is 1.35. The lowest BCUT2D eigenvalue weighted by atomic mass is 10.1. The van der Waals surface area contributed by atoms with Crippen molar-refractivity contribution in [3.05, 3.63) is 48.7 Å². The van der Waals surface area contributed by atoms with Crippen molar-refractivity contribution in [2.45, 2.75) is 12.5 Å². The van der Waals surface area contributed by atoms with Crippen LogP contribution in [0.5, 0.6) is 0 Å². The molecule has 1 fully saturated rings. The van der Waals surface area contributed by atoms with Gasteiger partial charge in [0, 0.05) is 6.42 Å². The molecule has 2 unspecified atom stereocenters. The summed E-state index contributed by atoms with van der Waals surface area (Å²) in [6.07, 6.45) is 3.35. The number of likely N-dealkylation sites (N-methyl/N-ethyl adjacent to an activating group) is 1. The second-order valence-electron chi connectivity index (χ2n) is 4.75. The fraction of sp³-hybridized carbons (Fsp3) is 0.429. The summed E-state index contributed by atoms with van der Waals surface area (Å²) in [5, 5.41) is 0. The van der Waals surface area contributed by atoms with Crippen LogP contribution in [0.3, 0.4) is 0 Å². The zero-order valence-corrected chi connectivity index (χ0v) is 9.93. The van der Waals surface area contributed by atoms with Gasteiger partial charge < -0.3 is 4.74 Å². The SMILES string of the molecule is C=C[N+]1(C)CCOC(Cc2ccccc2)C1. The van der Waals surface area contributed by atoms with E-state index in [9.17, 15) is 0 Å². The molecule has 2 rings (SSSR count). The highest BCUT2D eigenvalue weighted by Gasteiger charge is 2.29. The lowest BCUT2D eigenvalue weighted by molar-refractivity contribution is -0.871. The third kappa shape index (κ3) is 2.71. The van der Waals surface area contributed by atoms with Crippen molar-refractivity contribution in [2.75, 3.05) is 26.7 Å². The molecule has 0 aliphatic carbocycles. The number of benzene rings is 1. The van der Waals surface area contributed by atoms with Gasteiger partial charge in [-0.3, -0.25) is 4.48 Å². The molecular formula is C14H20NO+. The van der Waals surface area contributed by atoms with Crippen molar-refractivity contribution < 1.29 is 9.22 Å². The molecule has 0 aromatic heterocycles. The highest BCUT2D eigenvalue weighted by Crippen LogP contribution is 2.16. The van der Waals surface area contributed by atoms with Crippen LogP contribution in [0.2, 0.25) is 0 Å². The molecule has 2 atom stereocenters. The maximum atomic E-state index is 5.82. The summed E-state index contributed by atoms with van der Waals surface area (Å²) in [6, 6.07) is 10.5. The molecule has 1 aliphatic rings. The molecule has 0 spiro atoms. The van der Waals surface area contributed by atoms with E-state index in [4.69, 9.17) is 4.74 Å². The normalized spacial score (nSPS) is 29.9. The van der Waals surface area contributed by atoms with E-state index in [1.165, 1.54) is 5.56 Å². The largest absolute Gasteiger partial charge is 0.366 e. The fourth-order valence-electron chi connectivity index (χ4n) is 2.20. The third-order valence-electron chi connectivity index (χ3n) is 3.32. The minimum absolute atomic E-state index is 0.319. The lowest BCUT2D eigenvalue weighted by Gasteiger charge is -2.38. The molecule has 0 N–H and O–H groups in total. The Bertz CT molecular complexity index is 349. The minimum Gasteiger partial charge on any atom is -0.366 e. The van der Waals surface area contributed by atoms with Crippen LogP contribution in [0.4, 0.5) is 0 Å². The zero-order chi connectivity index (χ0) is 11.4. The van der Waals surface area contributed by atoms with Gasteiger partial charge in [-0.15, -0.1) is 0 Å². The number of morpholine rings is 1. The first-order chi connectivity index (χ1) is 7.72. The highest BCUT2D eigenvalue weighted by atomic mass is 16.5. The monoisotopic (exact) mass is 218 g/mol. The number of quaternary nitrogens is 1. The Labute approximate surface area is 97.7 Å². The van der Waals surface area contributed by atoms with Crippen molar-refractivity contribution in [1.29, 1.82) is 0 Å². The number of hydrogen-bond acceptors (Lipinski definition) is 1. The van der Waals surface area contributed by atoms with Gasteiger partial charge in [-0.1, -0.05) is 30.3 Å². The summed E-state index contributed by atoms with van der Waals surface area (Å²) < 4.78 is 6.73. The molecule has 0 saturated carbocycles. The van der Waals surface area contributed by atoms with E-state index < -0.39 is 0 Å². The van der Waals surface area contributed by atoms with Crippen molar-refractivity contribution in [3.63, 3.8) is 0 Å². The standard InChI is InChI=1S/C14H20NO/c1-3-15(2)9-10-16-14(12-15)11-13-7-5-4-6-8-13/h3-8,14H,1,9-12H2,2H3/q+1. The molecule has 1 heterocycles. The van der Waals surface area contributed by atoms with Gasteiger partial charge in [-0.05, 0) is 12.1 Å². The Morgan fingerprint density at radius 2 is 2.19 bits per heavy atom. The first-order valence-corrected chi connectivity index (χ1v) is 5.85. The topological polar surface area (TPSA) is 9.23 Å². The number of ether oxygens (including phenoxy) is 1. The first kappa shape index (κ1) is 11.4. The Morgan fingerprint density at radius 1 is 1.44 bits per heavy atom. The van der Waals surface area contributed by atoms with Gasteiger partial charge in [0.25, 0.3) is 0 Å². The number of nitrogens with zero attached hydrogens (tertiary/aromatic N) is 1. The van der Waals surface area contributed by atoms with Crippen LogP contribution in [0, 0.1) is 0 Å². The van der Waals surface area contributed by atoms with Gasteiger partial charge in [-0.2, -0.15) is 0 Å². The quantitative estimate of drug-likeness (QED) is 0.707. The second-order valence-corrected chi connectivity index (χ2v) is 4.75. The van der Waals surface area contributed by atoms with Gasteiger partial charge in [0.1, 0.15) is 19.2 Å². The Hall–Kier alpha value is -1.12. The summed E-state index contributed by atoms with van der Waals surface area (Å²) in [4.78, 5) is 0. The maximum Gasteiger partial charge on any atom is 0.111 e. The van der Waals surface area contributed by atoms with Gasteiger partial charge in [0.15, 0.2) is 0 Å². The van der Waals surface area contributed by atoms with Crippen LogP contribution in [0.25, 0.3) is 0 Å². The summed E-state index contributed by atoms with van der Waals surface area (Å²) in [5.74, 6) is 0. The van der Waals surface area contributed by atoms with Crippen LogP contribution in [-0.4, -0.2) is 37.3 Å². The van der Waals surface area contributed by atoms with Crippen molar-refractivity contribution in [1.82, 2.24) is 0 Å². The molecule has 0 amide bonds. The highest BCUT2D eigenvalue weighted by molar-refractivity contribution is 5.15. The van der Waals surface area contributed by atoms with Crippen molar-refractivity contribution >= 4 is 0 Å². The Kier molecular flexibility index (Phi) is 3.42. The van der Waals surface area contributed by atoms with Gasteiger partial charge >= 0.3 is 0 Å². The molecule has 0 bridgehead atoms. The van der Waals surface area contributed by atoms with Crippen molar-refractivity contribution in [3.8, 4) is 0 Å². The van der Waals surface area contributed by atoms with E-state index in [2.05, 4.69) is 44.0 Å². The molecule has 2 heteroatoms. The first-order valence-electron chi connectivity index (χ1n) is 5.85. The van der Waals surface area contributed by atoms with Crippen LogP contribution in [-0.2, 0) is 11.2 Å². The molecule has 16 heavy (non-hydrogen) atoms. The van der Waals surface area contributed by atoms with Gasteiger partial charge in [0.05, 0.1) is 19.9 Å². The predicted octanol–water partition coefficient (Wildman–Crippen LogP) is 2.22. The van der Waals surface area contributed by atoms with E-state index in [0.29, 0.717) is 6.10 Å². The summed E-state index contributed by atoms with van der Waals surface area (Å²) in [6.45, 7) is 6.81. The molecule has 1 aliphatic heterocycles. The summed E-state index contributed by atoms with van der Waals surface area (Å²) >= 11 is 0. The predicted molar refractivity (Wildman–Crippen MR) is 66.0 cm³/mol. The smallest absolute Gasteiger partial charge is 0.111 e. The summed E-state index contributed by atoms with van der Waals surface area (Å²) in [7, 11) is 2.22. The average molecular weight is 218 g/mol. The molecule has 0 radical (unpaired) electrons. The maximum absolute atomic E-state index is 5.82. The van der Waals surface area contributed by atoms with Crippen molar-refractivity contribution in [2.24, 2.45) is 0 Å². The van der Waals surface area contributed by atoms with E-state index in [-0.39, 0.29) is 0 Å². The van der Waals surface area contributed by atoms with Crippen LogP contribution >= 0.6 is 0 Å². The Morgan fingerprint density at radius 3 is 2.88 bits per heavy atom. The van der Waals surface area contributed by atoms with Gasteiger partial charge in [0.2, 0.25) is 0 Å². The number of hydrogen-bond donors (Lipinski definition) is 0. The minimum atomic E-state index is 0.319. The Balaban J connectivity index is 1.98. The molecule has 2 nitrogen and oxygen atoms in total. The van der Waals surface area contributed by atoms with E-state index in [1.807, 2.05) is 6.20 Å². The molecule has 1 aromatic rings. The van der Waals surface area contributed by atoms with E-state index in [1.54, 1.807) is 0 Å². The average Bonchev–Trinajstić information content (AvgIpc) is 2.30.